The van der Waals surface area contributed by atoms with Crippen LogP contribution in [0, 0.1) is 0 Å². The molecule has 0 saturated heterocycles. The topological polar surface area (TPSA) is 59.6 Å². The molecule has 0 aromatic heterocycles. The van der Waals surface area contributed by atoms with E-state index in [0.717, 1.165) is 17.2 Å². The second-order valence-corrected chi connectivity index (χ2v) is 5.86. The van der Waals surface area contributed by atoms with Gasteiger partial charge in [-0.05, 0) is 48.5 Å². The fourth-order valence-electron chi connectivity index (χ4n) is 2.52. The van der Waals surface area contributed by atoms with Gasteiger partial charge in [-0.15, -0.1) is 0 Å². The zero-order valence-electron chi connectivity index (χ0n) is 15.1. The molecular weight excluding hydrogens is 340 g/mol. The maximum atomic E-state index is 12.3. The summed E-state index contributed by atoms with van der Waals surface area (Å²) < 4.78 is 11.0. The molecule has 0 atom stereocenters. The molecule has 0 spiro atoms. The number of carbonyl (C=O) groups is 1. The third-order valence-corrected chi connectivity index (χ3v) is 3.90. The van der Waals surface area contributed by atoms with Crippen molar-refractivity contribution in [2.75, 3.05) is 24.3 Å². The molecule has 27 heavy (non-hydrogen) atoms. The second kappa shape index (κ2) is 9.29. The number of ether oxygens (including phenoxy) is 2. The summed E-state index contributed by atoms with van der Waals surface area (Å²) in [6, 6.07) is 24.5. The molecule has 3 aromatic carbocycles. The molecule has 3 aromatic rings. The standard InChI is InChI=1S/C22H22N2O3/c1-26-18-13-11-17(12-14-18)23-16-15-22(25)24-20-9-5-6-10-21(20)27-19-7-3-2-4-8-19/h2-14,23H,15-16H2,1H3,(H,24,25). The second-order valence-electron chi connectivity index (χ2n) is 5.86. The normalized spacial score (nSPS) is 10.1. The molecule has 0 unspecified atom stereocenters. The van der Waals surface area contributed by atoms with E-state index in [9.17, 15) is 4.79 Å². The van der Waals surface area contributed by atoms with Crippen LogP contribution in [-0.4, -0.2) is 19.6 Å². The predicted molar refractivity (Wildman–Crippen MR) is 108 cm³/mol. The molecule has 0 aliphatic carbocycles. The Labute approximate surface area is 158 Å². The third kappa shape index (κ3) is 5.51. The summed E-state index contributed by atoms with van der Waals surface area (Å²) in [6.07, 6.45) is 0.339. The summed E-state index contributed by atoms with van der Waals surface area (Å²) in [5.74, 6) is 2.05. The van der Waals surface area contributed by atoms with E-state index in [1.54, 1.807) is 7.11 Å². The van der Waals surface area contributed by atoms with Gasteiger partial charge in [0, 0.05) is 18.7 Å². The van der Waals surface area contributed by atoms with Gasteiger partial charge >= 0.3 is 0 Å². The Morgan fingerprint density at radius 3 is 2.30 bits per heavy atom. The fourth-order valence-corrected chi connectivity index (χ4v) is 2.52. The molecule has 0 aliphatic rings. The Balaban J connectivity index is 1.53. The number of methoxy groups -OCH3 is 1. The number of rotatable bonds is 8. The van der Waals surface area contributed by atoms with Crippen molar-refractivity contribution in [2.24, 2.45) is 0 Å². The Bertz CT molecular complexity index is 864. The lowest BCUT2D eigenvalue weighted by Crippen LogP contribution is -2.16. The lowest BCUT2D eigenvalue weighted by molar-refractivity contribution is -0.116. The summed E-state index contributed by atoms with van der Waals surface area (Å²) in [4.78, 5) is 12.3. The first kappa shape index (κ1) is 18.3. The third-order valence-electron chi connectivity index (χ3n) is 3.90. The number of hydrogen-bond acceptors (Lipinski definition) is 4. The Morgan fingerprint density at radius 1 is 0.852 bits per heavy atom. The van der Waals surface area contributed by atoms with Gasteiger partial charge in [-0.25, -0.2) is 0 Å². The molecule has 0 heterocycles. The quantitative estimate of drug-likeness (QED) is 0.597. The van der Waals surface area contributed by atoms with Gasteiger partial charge in [0.15, 0.2) is 5.75 Å². The molecule has 0 aliphatic heterocycles. The minimum absolute atomic E-state index is 0.0832. The average Bonchev–Trinajstić information content (AvgIpc) is 2.71. The van der Waals surface area contributed by atoms with Crippen molar-refractivity contribution in [3.63, 3.8) is 0 Å². The van der Waals surface area contributed by atoms with E-state index in [1.165, 1.54) is 0 Å². The summed E-state index contributed by atoms with van der Waals surface area (Å²) in [5, 5.41) is 6.13. The zero-order chi connectivity index (χ0) is 18.9. The number of amides is 1. The predicted octanol–water partition coefficient (Wildman–Crippen LogP) is 4.93. The SMILES string of the molecule is COc1ccc(NCCC(=O)Nc2ccccc2Oc2ccccc2)cc1. The Kier molecular flexibility index (Phi) is 6.30. The van der Waals surface area contributed by atoms with Crippen molar-refractivity contribution in [3.05, 3.63) is 78.9 Å². The first-order chi connectivity index (χ1) is 13.2. The highest BCUT2D eigenvalue weighted by molar-refractivity contribution is 5.92. The number of para-hydroxylation sites is 3. The highest BCUT2D eigenvalue weighted by atomic mass is 16.5. The summed E-state index contributed by atoms with van der Waals surface area (Å²) in [6.45, 7) is 0.528. The van der Waals surface area contributed by atoms with Crippen molar-refractivity contribution >= 4 is 17.3 Å². The average molecular weight is 362 g/mol. The van der Waals surface area contributed by atoms with E-state index in [0.29, 0.717) is 24.4 Å². The van der Waals surface area contributed by atoms with Crippen molar-refractivity contribution < 1.29 is 14.3 Å². The summed E-state index contributed by atoms with van der Waals surface area (Å²) in [7, 11) is 1.63. The van der Waals surface area contributed by atoms with Crippen LogP contribution in [0.2, 0.25) is 0 Å². The minimum atomic E-state index is -0.0832. The summed E-state index contributed by atoms with van der Waals surface area (Å²) >= 11 is 0. The van der Waals surface area contributed by atoms with Crippen molar-refractivity contribution in [1.29, 1.82) is 0 Å². The first-order valence-electron chi connectivity index (χ1n) is 8.74. The Morgan fingerprint density at radius 2 is 1.56 bits per heavy atom. The van der Waals surface area contributed by atoms with Crippen LogP contribution in [0.5, 0.6) is 17.2 Å². The Hall–Kier alpha value is -3.47. The highest BCUT2D eigenvalue weighted by Gasteiger charge is 2.08. The van der Waals surface area contributed by atoms with E-state index < -0.39 is 0 Å². The first-order valence-corrected chi connectivity index (χ1v) is 8.74. The largest absolute Gasteiger partial charge is 0.497 e. The monoisotopic (exact) mass is 362 g/mol. The number of benzene rings is 3. The number of nitrogens with one attached hydrogen (secondary N) is 2. The molecule has 0 bridgehead atoms. The van der Waals surface area contributed by atoms with E-state index in [2.05, 4.69) is 10.6 Å². The van der Waals surface area contributed by atoms with E-state index in [1.807, 2.05) is 78.9 Å². The smallest absolute Gasteiger partial charge is 0.226 e. The number of hydrogen-bond donors (Lipinski definition) is 2. The number of anilines is 2. The molecule has 1 amide bonds. The minimum Gasteiger partial charge on any atom is -0.497 e. The lowest BCUT2D eigenvalue weighted by Gasteiger charge is -2.12. The maximum Gasteiger partial charge on any atom is 0.226 e. The molecule has 0 fully saturated rings. The molecule has 0 saturated carbocycles. The van der Waals surface area contributed by atoms with Gasteiger partial charge in [0.1, 0.15) is 11.5 Å². The molecule has 5 nitrogen and oxygen atoms in total. The van der Waals surface area contributed by atoms with Crippen LogP contribution in [0.4, 0.5) is 11.4 Å². The van der Waals surface area contributed by atoms with Crippen LogP contribution in [0.1, 0.15) is 6.42 Å². The van der Waals surface area contributed by atoms with Crippen LogP contribution >= 0.6 is 0 Å². The van der Waals surface area contributed by atoms with Gasteiger partial charge in [-0.1, -0.05) is 30.3 Å². The van der Waals surface area contributed by atoms with Crippen LogP contribution in [-0.2, 0) is 4.79 Å². The lowest BCUT2D eigenvalue weighted by atomic mass is 10.2. The van der Waals surface area contributed by atoms with Crippen LogP contribution < -0.4 is 20.1 Å². The molecule has 2 N–H and O–H groups in total. The van der Waals surface area contributed by atoms with Gasteiger partial charge < -0.3 is 20.1 Å². The van der Waals surface area contributed by atoms with Crippen molar-refractivity contribution in [3.8, 4) is 17.2 Å². The van der Waals surface area contributed by atoms with Crippen LogP contribution in [0.25, 0.3) is 0 Å². The maximum absolute atomic E-state index is 12.3. The van der Waals surface area contributed by atoms with Gasteiger partial charge in [0.05, 0.1) is 12.8 Å². The van der Waals surface area contributed by atoms with Gasteiger partial charge in [0.25, 0.3) is 0 Å². The fraction of sp³-hybridized carbons (Fsp3) is 0.136. The molecule has 138 valence electrons. The summed E-state index contributed by atoms with van der Waals surface area (Å²) in [5.41, 5.74) is 1.59. The highest BCUT2D eigenvalue weighted by Crippen LogP contribution is 2.29. The molecule has 0 radical (unpaired) electrons. The van der Waals surface area contributed by atoms with E-state index in [-0.39, 0.29) is 5.91 Å². The van der Waals surface area contributed by atoms with E-state index >= 15 is 0 Å². The van der Waals surface area contributed by atoms with Crippen molar-refractivity contribution in [1.82, 2.24) is 0 Å². The van der Waals surface area contributed by atoms with Gasteiger partial charge in [-0.2, -0.15) is 0 Å². The molecular formula is C22H22N2O3. The molecule has 5 heteroatoms. The van der Waals surface area contributed by atoms with Crippen LogP contribution in [0.15, 0.2) is 78.9 Å². The van der Waals surface area contributed by atoms with Gasteiger partial charge in [0.2, 0.25) is 5.91 Å². The van der Waals surface area contributed by atoms with Crippen LogP contribution in [0.3, 0.4) is 0 Å². The molecule has 3 rings (SSSR count). The van der Waals surface area contributed by atoms with Gasteiger partial charge in [-0.3, -0.25) is 4.79 Å². The number of carbonyl (C=O) groups excluding carboxylic acids is 1. The zero-order valence-corrected chi connectivity index (χ0v) is 15.1. The van der Waals surface area contributed by atoms with Crippen molar-refractivity contribution in [2.45, 2.75) is 6.42 Å². The van der Waals surface area contributed by atoms with E-state index in [4.69, 9.17) is 9.47 Å².